The molecule has 6 heteroatoms. The van der Waals surface area contributed by atoms with Crippen molar-refractivity contribution in [3.05, 3.63) is 66.9 Å². The first-order valence-electron chi connectivity index (χ1n) is 13.0. The minimum Gasteiger partial charge on any atom is -0.492 e. The molecule has 2 aromatic carbocycles. The van der Waals surface area contributed by atoms with Crippen LogP contribution in [-0.4, -0.2) is 68.2 Å². The molecular formula is C30H36N4O2. The molecule has 2 aromatic heterocycles. The molecule has 188 valence electrons. The number of ether oxygens (including phenoxy) is 1. The third kappa shape index (κ3) is 5.72. The molecule has 1 aliphatic rings. The molecule has 0 radical (unpaired) electrons. The van der Waals surface area contributed by atoms with Crippen LogP contribution in [-0.2, 0) is 0 Å². The van der Waals surface area contributed by atoms with Crippen LogP contribution in [0.3, 0.4) is 0 Å². The Balaban J connectivity index is 1.46. The molecule has 0 unspecified atom stereocenters. The van der Waals surface area contributed by atoms with Crippen molar-refractivity contribution in [3.63, 3.8) is 0 Å². The van der Waals surface area contributed by atoms with Gasteiger partial charge in [0, 0.05) is 42.6 Å². The van der Waals surface area contributed by atoms with Gasteiger partial charge in [-0.1, -0.05) is 36.8 Å². The molecule has 36 heavy (non-hydrogen) atoms. The largest absolute Gasteiger partial charge is 0.492 e. The molecule has 5 rings (SSSR count). The predicted octanol–water partition coefficient (Wildman–Crippen LogP) is 6.00. The first-order chi connectivity index (χ1) is 17.7. The van der Waals surface area contributed by atoms with Gasteiger partial charge in [0.15, 0.2) is 0 Å². The van der Waals surface area contributed by atoms with Crippen LogP contribution in [0.25, 0.3) is 33.6 Å². The number of nitrogens with zero attached hydrogens (tertiary/aromatic N) is 3. The highest BCUT2D eigenvalue weighted by Crippen LogP contribution is 2.43. The topological polar surface area (TPSA) is 53.8 Å². The minimum absolute atomic E-state index is 0.651. The number of anilines is 1. The number of rotatable bonds is 10. The Kier molecular flexibility index (Phi) is 7.84. The maximum atomic E-state index is 6.42. The summed E-state index contributed by atoms with van der Waals surface area (Å²) in [6.07, 6.45) is 5.80. The molecule has 1 saturated heterocycles. The molecule has 6 nitrogen and oxygen atoms in total. The summed E-state index contributed by atoms with van der Waals surface area (Å²) in [5.74, 6) is 1.69. The lowest BCUT2D eigenvalue weighted by molar-refractivity contribution is 0.237. The van der Waals surface area contributed by atoms with Crippen molar-refractivity contribution in [2.24, 2.45) is 0 Å². The van der Waals surface area contributed by atoms with Crippen LogP contribution in [0.2, 0.25) is 0 Å². The van der Waals surface area contributed by atoms with Gasteiger partial charge in [0.2, 0.25) is 5.71 Å². The Labute approximate surface area is 213 Å². The van der Waals surface area contributed by atoms with Gasteiger partial charge in [-0.25, -0.2) is 4.98 Å². The van der Waals surface area contributed by atoms with Gasteiger partial charge in [0.05, 0.1) is 5.39 Å². The Morgan fingerprint density at radius 3 is 2.47 bits per heavy atom. The van der Waals surface area contributed by atoms with Crippen molar-refractivity contribution in [2.75, 3.05) is 58.7 Å². The Hall–Kier alpha value is -3.35. The summed E-state index contributed by atoms with van der Waals surface area (Å²) in [6.45, 7) is 5.88. The smallest absolute Gasteiger partial charge is 0.229 e. The van der Waals surface area contributed by atoms with Crippen molar-refractivity contribution in [3.8, 4) is 28.2 Å². The molecule has 0 aliphatic carbocycles. The van der Waals surface area contributed by atoms with Crippen LogP contribution in [0.1, 0.15) is 19.3 Å². The fourth-order valence-electron chi connectivity index (χ4n) is 4.83. The number of likely N-dealkylation sites (tertiary alicyclic amines) is 1. The maximum Gasteiger partial charge on any atom is 0.229 e. The first-order valence-corrected chi connectivity index (χ1v) is 13.0. The number of likely N-dealkylation sites (N-methyl/N-ethyl adjacent to an activating group) is 1. The minimum atomic E-state index is 0.651. The second kappa shape index (κ2) is 11.6. The van der Waals surface area contributed by atoms with Crippen LogP contribution in [0.4, 0.5) is 5.69 Å². The van der Waals surface area contributed by atoms with E-state index < -0.39 is 0 Å². The Morgan fingerprint density at radius 2 is 1.72 bits per heavy atom. The summed E-state index contributed by atoms with van der Waals surface area (Å²) >= 11 is 0. The average Bonchev–Trinajstić information content (AvgIpc) is 3.31. The Morgan fingerprint density at radius 1 is 0.944 bits per heavy atom. The number of nitrogens with one attached hydrogen (secondary N) is 1. The zero-order valence-corrected chi connectivity index (χ0v) is 21.4. The second-order valence-corrected chi connectivity index (χ2v) is 9.72. The van der Waals surface area contributed by atoms with Crippen molar-refractivity contribution < 1.29 is 9.15 Å². The molecule has 0 atom stereocenters. The summed E-state index contributed by atoms with van der Waals surface area (Å²) in [7, 11) is 4.09. The summed E-state index contributed by atoms with van der Waals surface area (Å²) in [5.41, 5.74) is 4.91. The van der Waals surface area contributed by atoms with Crippen molar-refractivity contribution >= 4 is 16.8 Å². The van der Waals surface area contributed by atoms with Crippen LogP contribution in [0.15, 0.2) is 71.3 Å². The second-order valence-electron chi connectivity index (χ2n) is 9.72. The van der Waals surface area contributed by atoms with Gasteiger partial charge in [-0.05, 0) is 75.9 Å². The van der Waals surface area contributed by atoms with Gasteiger partial charge < -0.3 is 24.3 Å². The number of aromatic nitrogens is 1. The van der Waals surface area contributed by atoms with Crippen LogP contribution in [0.5, 0.6) is 5.75 Å². The number of benzene rings is 2. The van der Waals surface area contributed by atoms with E-state index in [1.807, 2.05) is 38.5 Å². The molecule has 1 fully saturated rings. The highest BCUT2D eigenvalue weighted by molar-refractivity contribution is 6.06. The number of pyridine rings is 1. The third-order valence-electron chi connectivity index (χ3n) is 6.77. The van der Waals surface area contributed by atoms with E-state index in [1.54, 1.807) is 0 Å². The van der Waals surface area contributed by atoms with E-state index in [0.717, 1.165) is 58.9 Å². The van der Waals surface area contributed by atoms with Gasteiger partial charge in [-0.15, -0.1) is 0 Å². The number of hydrogen-bond acceptors (Lipinski definition) is 6. The van der Waals surface area contributed by atoms with E-state index in [2.05, 4.69) is 62.6 Å². The van der Waals surface area contributed by atoms with E-state index in [4.69, 9.17) is 9.15 Å². The van der Waals surface area contributed by atoms with Crippen molar-refractivity contribution in [1.82, 2.24) is 14.8 Å². The quantitative estimate of drug-likeness (QED) is 0.298. The van der Waals surface area contributed by atoms with Gasteiger partial charge in [-0.2, -0.15) is 0 Å². The third-order valence-corrected chi connectivity index (χ3v) is 6.77. The molecule has 0 spiro atoms. The first kappa shape index (κ1) is 24.3. The monoisotopic (exact) mass is 484 g/mol. The average molecular weight is 485 g/mol. The Bertz CT molecular complexity index is 1250. The molecule has 4 aromatic rings. The molecule has 0 amide bonds. The van der Waals surface area contributed by atoms with E-state index in [-0.39, 0.29) is 0 Å². The van der Waals surface area contributed by atoms with Crippen molar-refractivity contribution in [1.29, 1.82) is 0 Å². The molecule has 1 N–H and O–H groups in total. The number of fused-ring (bicyclic) bond motifs is 1. The lowest BCUT2D eigenvalue weighted by atomic mass is 9.98. The lowest BCUT2D eigenvalue weighted by Gasteiger charge is -2.26. The highest BCUT2D eigenvalue weighted by atomic mass is 16.5. The fourth-order valence-corrected chi connectivity index (χ4v) is 4.83. The predicted molar refractivity (Wildman–Crippen MR) is 148 cm³/mol. The zero-order valence-electron chi connectivity index (χ0n) is 21.4. The van der Waals surface area contributed by atoms with Crippen LogP contribution >= 0.6 is 0 Å². The van der Waals surface area contributed by atoms with Crippen molar-refractivity contribution in [2.45, 2.75) is 19.3 Å². The van der Waals surface area contributed by atoms with Gasteiger partial charge >= 0.3 is 0 Å². The van der Waals surface area contributed by atoms with E-state index in [9.17, 15) is 0 Å². The fraction of sp³-hybridized carbons (Fsp3) is 0.367. The standard InChI is InChI=1S/C30H36N4O2/c1-33(2)21-22-35-25-13-11-24(12-14-25)29-27(23-9-5-3-6-10-23)28-26(15-16-32-30(28)36-29)31-17-20-34-18-7-4-8-19-34/h3,5-6,9-16H,4,7-8,17-22H2,1-2H3,(H,31,32). The van der Waals surface area contributed by atoms with E-state index >= 15 is 0 Å². The molecule has 1 aliphatic heterocycles. The molecule has 0 bridgehead atoms. The number of piperidine rings is 1. The molecular weight excluding hydrogens is 448 g/mol. The van der Waals surface area contributed by atoms with E-state index in [1.165, 1.54) is 32.4 Å². The number of furan rings is 1. The van der Waals surface area contributed by atoms with Crippen LogP contribution < -0.4 is 10.1 Å². The van der Waals surface area contributed by atoms with Crippen LogP contribution in [0, 0.1) is 0 Å². The lowest BCUT2D eigenvalue weighted by Crippen LogP contribution is -2.33. The molecule has 3 heterocycles. The SMILES string of the molecule is CN(C)CCOc1ccc(-c2oc3nccc(NCCN4CCCCC4)c3c2-c2ccccc2)cc1. The normalized spacial score (nSPS) is 14.4. The highest BCUT2D eigenvalue weighted by Gasteiger charge is 2.21. The summed E-state index contributed by atoms with van der Waals surface area (Å²) in [4.78, 5) is 9.26. The van der Waals surface area contributed by atoms with E-state index in [0.29, 0.717) is 12.3 Å². The van der Waals surface area contributed by atoms with Gasteiger partial charge in [-0.3, -0.25) is 0 Å². The summed E-state index contributed by atoms with van der Waals surface area (Å²) < 4.78 is 12.3. The maximum absolute atomic E-state index is 6.42. The molecule has 0 saturated carbocycles. The summed E-state index contributed by atoms with van der Waals surface area (Å²) in [6, 6.07) is 20.7. The van der Waals surface area contributed by atoms with Gasteiger partial charge in [0.1, 0.15) is 18.1 Å². The summed E-state index contributed by atoms with van der Waals surface area (Å²) in [5, 5.41) is 4.72. The zero-order chi connectivity index (χ0) is 24.7. The number of hydrogen-bond donors (Lipinski definition) is 1. The van der Waals surface area contributed by atoms with Gasteiger partial charge in [0.25, 0.3) is 0 Å².